The lowest BCUT2D eigenvalue weighted by atomic mass is 10.1. The molecule has 2 aliphatic heterocycles. The van der Waals surface area contributed by atoms with Crippen molar-refractivity contribution >= 4 is 23.6 Å². The lowest BCUT2D eigenvalue weighted by Gasteiger charge is -2.35. The Morgan fingerprint density at radius 2 is 2.33 bits per heavy atom. The molecule has 102 valence electrons. The van der Waals surface area contributed by atoms with Crippen molar-refractivity contribution in [2.45, 2.75) is 31.8 Å². The molecule has 0 saturated carbocycles. The first-order chi connectivity index (χ1) is 8.72. The van der Waals surface area contributed by atoms with Crippen molar-refractivity contribution in [1.82, 2.24) is 15.5 Å². The molecular weight excluding hydrogens is 250 g/mol. The van der Waals surface area contributed by atoms with Gasteiger partial charge in [-0.05, 0) is 6.42 Å². The maximum Gasteiger partial charge on any atom is 0.242 e. The first-order valence-electron chi connectivity index (χ1n) is 6.60. The van der Waals surface area contributed by atoms with E-state index in [2.05, 4.69) is 10.6 Å². The van der Waals surface area contributed by atoms with Crippen molar-refractivity contribution in [2.75, 3.05) is 31.1 Å². The normalized spacial score (nSPS) is 28.9. The van der Waals surface area contributed by atoms with Gasteiger partial charge in [0, 0.05) is 43.6 Å². The second-order valence-electron chi connectivity index (χ2n) is 4.73. The smallest absolute Gasteiger partial charge is 0.242 e. The molecule has 2 atom stereocenters. The van der Waals surface area contributed by atoms with Gasteiger partial charge < -0.3 is 15.5 Å². The van der Waals surface area contributed by atoms with Crippen molar-refractivity contribution in [1.29, 1.82) is 0 Å². The number of nitrogens with zero attached hydrogens (tertiary/aromatic N) is 1. The molecular formula is C12H21N3O2S. The van der Waals surface area contributed by atoms with Crippen LogP contribution in [-0.2, 0) is 9.59 Å². The zero-order valence-electron chi connectivity index (χ0n) is 10.8. The van der Waals surface area contributed by atoms with Crippen LogP contribution in [0.5, 0.6) is 0 Å². The van der Waals surface area contributed by atoms with E-state index in [9.17, 15) is 9.59 Å². The first-order valence-corrected chi connectivity index (χ1v) is 7.76. The fourth-order valence-electron chi connectivity index (χ4n) is 2.50. The van der Waals surface area contributed by atoms with Crippen molar-refractivity contribution in [3.05, 3.63) is 0 Å². The standard InChI is InChI=1S/C12H21N3O2S/c1-2-10-12(17)14-3-5-15(10)11(16)7-9-8-18-6-4-13-9/h9-10,13H,2-8H2,1H3,(H,14,17). The summed E-state index contributed by atoms with van der Waals surface area (Å²) in [6, 6.07) is -0.0127. The summed E-state index contributed by atoms with van der Waals surface area (Å²) in [4.78, 5) is 25.7. The Morgan fingerprint density at radius 1 is 1.50 bits per heavy atom. The highest BCUT2D eigenvalue weighted by Crippen LogP contribution is 2.15. The fraction of sp³-hybridized carbons (Fsp3) is 0.833. The van der Waals surface area contributed by atoms with Crippen molar-refractivity contribution in [3.63, 3.8) is 0 Å². The van der Waals surface area contributed by atoms with Crippen LogP contribution in [0.1, 0.15) is 19.8 Å². The fourth-order valence-corrected chi connectivity index (χ4v) is 3.45. The van der Waals surface area contributed by atoms with Crippen LogP contribution in [0.15, 0.2) is 0 Å². The van der Waals surface area contributed by atoms with Gasteiger partial charge in [-0.1, -0.05) is 6.92 Å². The van der Waals surface area contributed by atoms with Crippen LogP contribution in [0.4, 0.5) is 0 Å². The molecule has 2 saturated heterocycles. The Balaban J connectivity index is 1.91. The molecule has 2 amide bonds. The van der Waals surface area contributed by atoms with Gasteiger partial charge in [0.1, 0.15) is 6.04 Å². The highest BCUT2D eigenvalue weighted by atomic mass is 32.2. The van der Waals surface area contributed by atoms with Gasteiger partial charge in [-0.15, -0.1) is 0 Å². The van der Waals surface area contributed by atoms with E-state index < -0.39 is 0 Å². The average Bonchev–Trinajstić information content (AvgIpc) is 2.39. The highest BCUT2D eigenvalue weighted by molar-refractivity contribution is 7.99. The zero-order valence-corrected chi connectivity index (χ0v) is 11.6. The summed E-state index contributed by atoms with van der Waals surface area (Å²) in [6.45, 7) is 4.14. The van der Waals surface area contributed by atoms with Crippen LogP contribution >= 0.6 is 11.8 Å². The third-order valence-electron chi connectivity index (χ3n) is 3.46. The number of hydrogen-bond acceptors (Lipinski definition) is 4. The third kappa shape index (κ3) is 3.17. The largest absolute Gasteiger partial charge is 0.353 e. The number of amides is 2. The van der Waals surface area contributed by atoms with Crippen LogP contribution in [0, 0.1) is 0 Å². The van der Waals surface area contributed by atoms with Crippen molar-refractivity contribution in [3.8, 4) is 0 Å². The lowest BCUT2D eigenvalue weighted by molar-refractivity contribution is -0.143. The molecule has 2 N–H and O–H groups in total. The molecule has 2 heterocycles. The minimum atomic E-state index is -0.275. The molecule has 0 aromatic heterocycles. The van der Waals surface area contributed by atoms with E-state index in [1.165, 1.54) is 0 Å². The second kappa shape index (κ2) is 6.43. The van der Waals surface area contributed by atoms with Gasteiger partial charge in [-0.2, -0.15) is 11.8 Å². The predicted molar refractivity (Wildman–Crippen MR) is 72.5 cm³/mol. The predicted octanol–water partition coefficient (Wildman–Crippen LogP) is -0.181. The Morgan fingerprint density at radius 3 is 3.00 bits per heavy atom. The second-order valence-corrected chi connectivity index (χ2v) is 5.88. The number of hydrogen-bond donors (Lipinski definition) is 2. The minimum absolute atomic E-state index is 0.0110. The minimum Gasteiger partial charge on any atom is -0.353 e. The summed E-state index contributed by atoms with van der Waals surface area (Å²) in [7, 11) is 0. The third-order valence-corrected chi connectivity index (χ3v) is 4.59. The van der Waals surface area contributed by atoms with Crippen molar-refractivity contribution < 1.29 is 9.59 Å². The molecule has 2 aliphatic rings. The lowest BCUT2D eigenvalue weighted by Crippen LogP contribution is -2.57. The summed E-state index contributed by atoms with van der Waals surface area (Å²) in [5.74, 6) is 2.21. The van der Waals surface area contributed by atoms with Crippen molar-refractivity contribution in [2.24, 2.45) is 0 Å². The van der Waals surface area contributed by atoms with Crippen LogP contribution in [0.2, 0.25) is 0 Å². The topological polar surface area (TPSA) is 61.4 Å². The number of rotatable bonds is 3. The van der Waals surface area contributed by atoms with Crippen LogP contribution in [0.3, 0.4) is 0 Å². The van der Waals surface area contributed by atoms with E-state index >= 15 is 0 Å². The van der Waals surface area contributed by atoms with Crippen LogP contribution in [-0.4, -0.2) is 59.9 Å². The highest BCUT2D eigenvalue weighted by Gasteiger charge is 2.32. The van der Waals surface area contributed by atoms with E-state index in [0.717, 1.165) is 18.1 Å². The summed E-state index contributed by atoms with van der Waals surface area (Å²) in [5.41, 5.74) is 0. The molecule has 2 unspecified atom stereocenters. The van der Waals surface area contributed by atoms with E-state index in [4.69, 9.17) is 0 Å². The van der Waals surface area contributed by atoms with E-state index in [-0.39, 0.29) is 23.9 Å². The molecule has 5 nitrogen and oxygen atoms in total. The van der Waals surface area contributed by atoms with E-state index in [0.29, 0.717) is 25.9 Å². The quantitative estimate of drug-likeness (QED) is 0.747. The van der Waals surface area contributed by atoms with Gasteiger partial charge in [0.25, 0.3) is 0 Å². The Bertz CT molecular complexity index is 318. The number of piperazine rings is 1. The molecule has 18 heavy (non-hydrogen) atoms. The molecule has 0 aliphatic carbocycles. The maximum atomic E-state index is 12.3. The van der Waals surface area contributed by atoms with E-state index in [1.807, 2.05) is 18.7 Å². The monoisotopic (exact) mass is 271 g/mol. The number of thioether (sulfide) groups is 1. The van der Waals surface area contributed by atoms with Gasteiger partial charge in [0.15, 0.2) is 0 Å². The van der Waals surface area contributed by atoms with Gasteiger partial charge in [-0.3, -0.25) is 9.59 Å². The Hall–Kier alpha value is -0.750. The average molecular weight is 271 g/mol. The molecule has 0 aromatic rings. The first kappa shape index (κ1) is 13.7. The molecule has 0 radical (unpaired) electrons. The number of nitrogens with one attached hydrogen (secondary N) is 2. The maximum absolute atomic E-state index is 12.3. The summed E-state index contributed by atoms with van der Waals surface area (Å²) < 4.78 is 0. The molecule has 6 heteroatoms. The molecule has 2 fully saturated rings. The summed E-state index contributed by atoms with van der Waals surface area (Å²) in [6.07, 6.45) is 1.20. The Labute approximate surface area is 112 Å². The van der Waals surface area contributed by atoms with Gasteiger partial charge in [0.05, 0.1) is 0 Å². The summed E-state index contributed by atoms with van der Waals surface area (Å²) in [5, 5.41) is 6.18. The zero-order chi connectivity index (χ0) is 13.0. The number of carbonyl (C=O) groups excluding carboxylic acids is 2. The van der Waals surface area contributed by atoms with Gasteiger partial charge in [-0.25, -0.2) is 0 Å². The summed E-state index contributed by atoms with van der Waals surface area (Å²) >= 11 is 1.89. The molecule has 0 aromatic carbocycles. The van der Waals surface area contributed by atoms with E-state index in [1.54, 1.807) is 4.90 Å². The molecule has 2 rings (SSSR count). The van der Waals surface area contributed by atoms with Crippen LogP contribution < -0.4 is 10.6 Å². The van der Waals surface area contributed by atoms with Crippen LogP contribution in [0.25, 0.3) is 0 Å². The molecule has 0 bridgehead atoms. The number of carbonyl (C=O) groups is 2. The Kier molecular flexibility index (Phi) is 4.88. The van der Waals surface area contributed by atoms with Gasteiger partial charge >= 0.3 is 0 Å². The van der Waals surface area contributed by atoms with Gasteiger partial charge in [0.2, 0.25) is 11.8 Å². The molecule has 0 spiro atoms. The SMILES string of the molecule is CCC1C(=O)NCCN1C(=O)CC1CSCCN1.